The Morgan fingerprint density at radius 3 is 2.33 bits per heavy atom. The average molecular weight is 334 g/mol. The smallest absolute Gasteiger partial charge is 0.309 e. The van der Waals surface area contributed by atoms with E-state index in [-0.39, 0.29) is 18.9 Å². The fourth-order valence-corrected chi connectivity index (χ4v) is 2.01. The van der Waals surface area contributed by atoms with Gasteiger partial charge >= 0.3 is 11.8 Å². The third-order valence-corrected chi connectivity index (χ3v) is 3.44. The van der Waals surface area contributed by atoms with Gasteiger partial charge in [-0.15, -0.1) is 0 Å². The molecule has 2 aromatic rings. The molecule has 0 spiro atoms. The Labute approximate surface area is 138 Å². The quantitative estimate of drug-likeness (QED) is 0.720. The van der Waals surface area contributed by atoms with Gasteiger partial charge < -0.3 is 20.2 Å². The fraction of sp³-hybridized carbons (Fsp3) is 0.294. The number of aliphatic hydroxyl groups is 1. The number of nitrogens with one attached hydrogen (secondary N) is 2. The molecule has 3 N–H and O–H groups in total. The second-order valence-corrected chi connectivity index (χ2v) is 5.68. The summed E-state index contributed by atoms with van der Waals surface area (Å²) in [5.74, 6) is -1.16. The van der Waals surface area contributed by atoms with Crippen LogP contribution in [0.5, 0.6) is 0 Å². The normalized spacial score (nSPS) is 13.2. The van der Waals surface area contributed by atoms with Crippen LogP contribution in [-0.4, -0.2) is 23.5 Å². The van der Waals surface area contributed by atoms with E-state index in [0.29, 0.717) is 17.1 Å². The number of amides is 2. The molecule has 2 amide bonds. The van der Waals surface area contributed by atoms with Crippen molar-refractivity contribution < 1.29 is 23.5 Å². The standard InChI is InChI=1S/C17H19FN2O4/c1-11-3-8-14(24-11)17(2,23)10-20-16(22)15(21)19-9-12-4-6-13(18)7-5-12/h3-8,23H,9-10H2,1-2H3,(H,19,21)(H,20,22). The monoisotopic (exact) mass is 334 g/mol. The van der Waals surface area contributed by atoms with Crippen molar-refractivity contribution in [2.75, 3.05) is 6.54 Å². The van der Waals surface area contributed by atoms with Crippen molar-refractivity contribution in [2.24, 2.45) is 0 Å². The number of hydrogen-bond donors (Lipinski definition) is 3. The van der Waals surface area contributed by atoms with E-state index in [1.807, 2.05) is 0 Å². The molecule has 0 bridgehead atoms. The Kier molecular flexibility index (Phi) is 5.35. The Balaban J connectivity index is 1.83. The predicted octanol–water partition coefficient (Wildman–Crippen LogP) is 1.37. The lowest BCUT2D eigenvalue weighted by Gasteiger charge is -2.21. The number of carbonyl (C=O) groups is 2. The van der Waals surface area contributed by atoms with Crippen molar-refractivity contribution in [3.8, 4) is 0 Å². The molecule has 1 heterocycles. The summed E-state index contributed by atoms with van der Waals surface area (Å²) < 4.78 is 18.1. The molecule has 1 atom stereocenters. The summed E-state index contributed by atoms with van der Waals surface area (Å²) in [6, 6.07) is 8.86. The summed E-state index contributed by atoms with van der Waals surface area (Å²) in [5.41, 5.74) is -0.767. The second-order valence-electron chi connectivity index (χ2n) is 5.68. The van der Waals surface area contributed by atoms with Gasteiger partial charge in [0, 0.05) is 6.54 Å². The molecular weight excluding hydrogens is 315 g/mol. The molecule has 2 rings (SSSR count). The first kappa shape index (κ1) is 17.7. The molecule has 1 unspecified atom stereocenters. The van der Waals surface area contributed by atoms with Gasteiger partial charge in [-0.3, -0.25) is 9.59 Å². The molecule has 1 aromatic carbocycles. The van der Waals surface area contributed by atoms with Gasteiger partial charge in [0.1, 0.15) is 22.9 Å². The molecule has 0 aliphatic carbocycles. The van der Waals surface area contributed by atoms with Gasteiger partial charge in [-0.25, -0.2) is 4.39 Å². The number of furan rings is 1. The van der Waals surface area contributed by atoms with E-state index < -0.39 is 17.4 Å². The molecule has 0 aliphatic heterocycles. The number of benzene rings is 1. The minimum atomic E-state index is -1.43. The third-order valence-electron chi connectivity index (χ3n) is 3.44. The van der Waals surface area contributed by atoms with Crippen LogP contribution in [0.4, 0.5) is 4.39 Å². The van der Waals surface area contributed by atoms with Crippen molar-refractivity contribution in [1.29, 1.82) is 0 Å². The predicted molar refractivity (Wildman–Crippen MR) is 84.3 cm³/mol. The van der Waals surface area contributed by atoms with Crippen LogP contribution in [0.2, 0.25) is 0 Å². The lowest BCUT2D eigenvalue weighted by atomic mass is 10.0. The molecule has 1 aromatic heterocycles. The highest BCUT2D eigenvalue weighted by molar-refractivity contribution is 6.35. The molecule has 6 nitrogen and oxygen atoms in total. The second kappa shape index (κ2) is 7.27. The number of aryl methyl sites for hydroxylation is 1. The average Bonchev–Trinajstić information content (AvgIpc) is 2.99. The van der Waals surface area contributed by atoms with Crippen molar-refractivity contribution in [3.63, 3.8) is 0 Å². The summed E-state index contributed by atoms with van der Waals surface area (Å²) in [7, 11) is 0. The summed E-state index contributed by atoms with van der Waals surface area (Å²) in [4.78, 5) is 23.5. The third kappa shape index (κ3) is 4.66. The molecule has 7 heteroatoms. The van der Waals surface area contributed by atoms with Gasteiger partial charge in [0.25, 0.3) is 0 Å². The van der Waals surface area contributed by atoms with Crippen LogP contribution in [0, 0.1) is 12.7 Å². The Morgan fingerprint density at radius 2 is 1.75 bits per heavy atom. The van der Waals surface area contributed by atoms with Crippen molar-refractivity contribution in [1.82, 2.24) is 10.6 Å². The molecule has 0 saturated heterocycles. The van der Waals surface area contributed by atoms with E-state index in [1.165, 1.54) is 31.2 Å². The first-order valence-corrected chi connectivity index (χ1v) is 7.38. The number of hydrogen-bond acceptors (Lipinski definition) is 4. The van der Waals surface area contributed by atoms with E-state index in [9.17, 15) is 19.1 Å². The van der Waals surface area contributed by atoms with Gasteiger partial charge in [-0.1, -0.05) is 12.1 Å². The molecule has 128 valence electrons. The molecular formula is C17H19FN2O4. The number of carbonyl (C=O) groups excluding carboxylic acids is 2. The van der Waals surface area contributed by atoms with E-state index in [2.05, 4.69) is 10.6 Å². The zero-order valence-corrected chi connectivity index (χ0v) is 13.4. The molecule has 0 saturated carbocycles. The molecule has 0 fully saturated rings. The summed E-state index contributed by atoms with van der Waals surface area (Å²) in [6.07, 6.45) is 0. The summed E-state index contributed by atoms with van der Waals surface area (Å²) in [6.45, 7) is 3.13. The maximum absolute atomic E-state index is 12.8. The lowest BCUT2D eigenvalue weighted by Crippen LogP contribution is -2.45. The van der Waals surface area contributed by atoms with E-state index in [1.54, 1.807) is 19.1 Å². The van der Waals surface area contributed by atoms with Crippen molar-refractivity contribution >= 4 is 11.8 Å². The number of rotatable bonds is 5. The Hall–Kier alpha value is -2.67. The Bertz CT molecular complexity index is 722. The van der Waals surface area contributed by atoms with E-state index in [4.69, 9.17) is 4.42 Å². The maximum Gasteiger partial charge on any atom is 0.309 e. The maximum atomic E-state index is 12.8. The SMILES string of the molecule is Cc1ccc(C(C)(O)CNC(=O)C(=O)NCc2ccc(F)cc2)o1. The fourth-order valence-electron chi connectivity index (χ4n) is 2.01. The lowest BCUT2D eigenvalue weighted by molar-refractivity contribution is -0.140. The van der Waals surface area contributed by atoms with Crippen LogP contribution in [0.3, 0.4) is 0 Å². The van der Waals surface area contributed by atoms with E-state index in [0.717, 1.165) is 0 Å². The zero-order valence-electron chi connectivity index (χ0n) is 13.4. The first-order chi connectivity index (χ1) is 11.3. The van der Waals surface area contributed by atoms with E-state index >= 15 is 0 Å². The van der Waals surface area contributed by atoms with Gasteiger partial charge in [0.15, 0.2) is 0 Å². The first-order valence-electron chi connectivity index (χ1n) is 7.38. The zero-order chi connectivity index (χ0) is 17.7. The highest BCUT2D eigenvalue weighted by atomic mass is 19.1. The minimum absolute atomic E-state index is 0.0975. The van der Waals surface area contributed by atoms with Crippen LogP contribution >= 0.6 is 0 Å². The van der Waals surface area contributed by atoms with Crippen LogP contribution in [0.25, 0.3) is 0 Å². The van der Waals surface area contributed by atoms with Gasteiger partial charge in [-0.05, 0) is 43.7 Å². The summed E-state index contributed by atoms with van der Waals surface area (Å²) >= 11 is 0. The Morgan fingerprint density at radius 1 is 1.12 bits per heavy atom. The van der Waals surface area contributed by atoms with Crippen LogP contribution in [0.1, 0.15) is 24.0 Å². The molecule has 0 radical (unpaired) electrons. The van der Waals surface area contributed by atoms with Gasteiger partial charge in [-0.2, -0.15) is 0 Å². The van der Waals surface area contributed by atoms with Crippen LogP contribution in [-0.2, 0) is 21.7 Å². The molecule has 24 heavy (non-hydrogen) atoms. The minimum Gasteiger partial charge on any atom is -0.463 e. The highest BCUT2D eigenvalue weighted by Crippen LogP contribution is 2.21. The van der Waals surface area contributed by atoms with Gasteiger partial charge in [0.2, 0.25) is 0 Å². The van der Waals surface area contributed by atoms with Crippen LogP contribution in [0.15, 0.2) is 40.8 Å². The van der Waals surface area contributed by atoms with Crippen molar-refractivity contribution in [3.05, 3.63) is 59.3 Å². The number of halogens is 1. The topological polar surface area (TPSA) is 91.6 Å². The van der Waals surface area contributed by atoms with Gasteiger partial charge in [0.05, 0.1) is 6.54 Å². The van der Waals surface area contributed by atoms with Crippen LogP contribution < -0.4 is 10.6 Å². The van der Waals surface area contributed by atoms with Crippen molar-refractivity contribution in [2.45, 2.75) is 26.0 Å². The largest absolute Gasteiger partial charge is 0.463 e. The molecule has 0 aliphatic rings. The highest BCUT2D eigenvalue weighted by Gasteiger charge is 2.28. The summed E-state index contributed by atoms with van der Waals surface area (Å²) in [5, 5.41) is 15.1.